The molecule has 0 spiro atoms. The average Bonchev–Trinajstić information content (AvgIpc) is 2.45. The fourth-order valence-electron chi connectivity index (χ4n) is 1.75. The van der Waals surface area contributed by atoms with Gasteiger partial charge < -0.3 is 11.1 Å². The Morgan fingerprint density at radius 3 is 2.62 bits per heavy atom. The topological polar surface area (TPSA) is 55.1 Å². The number of carbonyl (C=O) groups is 1. The third-order valence-electron chi connectivity index (χ3n) is 2.86. The summed E-state index contributed by atoms with van der Waals surface area (Å²) in [5.74, 6) is -0.686. The number of carbonyl (C=O) groups excluding carboxylic acids is 1. The zero-order valence-electron chi connectivity index (χ0n) is 10.9. The fraction of sp³-hybridized carbons (Fsp3) is 0.0667. The Labute approximate surface area is 140 Å². The summed E-state index contributed by atoms with van der Waals surface area (Å²) in [6.45, 7) is 0.105. The molecule has 108 valence electrons. The van der Waals surface area contributed by atoms with E-state index in [4.69, 9.17) is 18.0 Å². The molecule has 0 heterocycles. The number of benzene rings is 2. The van der Waals surface area contributed by atoms with Gasteiger partial charge in [-0.15, -0.1) is 0 Å². The van der Waals surface area contributed by atoms with Crippen LogP contribution in [0.25, 0.3) is 0 Å². The maximum Gasteiger partial charge on any atom is 0.251 e. The van der Waals surface area contributed by atoms with Gasteiger partial charge in [-0.05, 0) is 46.9 Å². The molecule has 3 N–H and O–H groups in total. The Hall–Kier alpha value is -1.54. The molecule has 0 atom stereocenters. The van der Waals surface area contributed by atoms with Crippen LogP contribution in [0.3, 0.4) is 0 Å². The number of amides is 1. The van der Waals surface area contributed by atoms with Crippen LogP contribution in [0.15, 0.2) is 42.5 Å². The summed E-state index contributed by atoms with van der Waals surface area (Å²) in [6.07, 6.45) is 0. The minimum Gasteiger partial charge on any atom is -0.389 e. The Morgan fingerprint density at radius 2 is 2.00 bits per heavy atom. The van der Waals surface area contributed by atoms with Gasteiger partial charge in [0.05, 0.1) is 0 Å². The van der Waals surface area contributed by atoms with E-state index in [9.17, 15) is 9.18 Å². The van der Waals surface area contributed by atoms with E-state index in [0.717, 1.165) is 3.57 Å². The maximum atomic E-state index is 13.9. The average molecular weight is 414 g/mol. The first-order valence-corrected chi connectivity index (χ1v) is 7.58. The predicted molar refractivity (Wildman–Crippen MR) is 92.6 cm³/mol. The molecule has 0 saturated heterocycles. The molecule has 0 aliphatic rings. The standard InChI is InChI=1S/C15H12FIN2OS/c16-13-7-9(14(18)21)4-5-11(13)8-19-15(20)10-2-1-3-12(17)6-10/h1-7H,8H2,(H2,18,21)(H,19,20). The second-order valence-corrected chi connectivity index (χ2v) is 6.05. The SMILES string of the molecule is NC(=S)c1ccc(CNC(=O)c2cccc(I)c2)c(F)c1. The van der Waals surface area contributed by atoms with Gasteiger partial charge in [-0.3, -0.25) is 4.79 Å². The molecule has 0 aromatic heterocycles. The summed E-state index contributed by atoms with van der Waals surface area (Å²) >= 11 is 6.92. The number of nitrogens with two attached hydrogens (primary N) is 1. The van der Waals surface area contributed by atoms with Gasteiger partial charge in [-0.25, -0.2) is 4.39 Å². The van der Waals surface area contributed by atoms with Gasteiger partial charge in [0.2, 0.25) is 0 Å². The number of rotatable bonds is 4. The van der Waals surface area contributed by atoms with Gasteiger partial charge in [-0.2, -0.15) is 0 Å². The molecule has 0 radical (unpaired) electrons. The second-order valence-electron chi connectivity index (χ2n) is 4.36. The fourth-order valence-corrected chi connectivity index (χ4v) is 2.42. The first-order valence-electron chi connectivity index (χ1n) is 6.09. The first-order chi connectivity index (χ1) is 9.97. The maximum absolute atomic E-state index is 13.9. The van der Waals surface area contributed by atoms with Gasteiger partial charge in [0.15, 0.2) is 0 Å². The highest BCUT2D eigenvalue weighted by Crippen LogP contribution is 2.12. The molecule has 0 aliphatic heterocycles. The highest BCUT2D eigenvalue weighted by Gasteiger charge is 2.09. The summed E-state index contributed by atoms with van der Waals surface area (Å²) in [5.41, 5.74) is 6.83. The Kier molecular flexibility index (Phi) is 5.24. The first kappa shape index (κ1) is 15.8. The Balaban J connectivity index is 2.06. The van der Waals surface area contributed by atoms with Crippen molar-refractivity contribution in [2.75, 3.05) is 0 Å². The van der Waals surface area contributed by atoms with Crippen LogP contribution in [0.2, 0.25) is 0 Å². The van der Waals surface area contributed by atoms with Crippen LogP contribution in [-0.2, 0) is 6.54 Å². The van der Waals surface area contributed by atoms with Crippen molar-refractivity contribution in [1.82, 2.24) is 5.32 Å². The normalized spacial score (nSPS) is 10.2. The van der Waals surface area contributed by atoms with E-state index in [1.807, 2.05) is 6.07 Å². The Morgan fingerprint density at radius 1 is 1.24 bits per heavy atom. The minimum atomic E-state index is -0.441. The third kappa shape index (κ3) is 4.21. The van der Waals surface area contributed by atoms with E-state index in [-0.39, 0.29) is 17.4 Å². The molecule has 0 fully saturated rings. The van der Waals surface area contributed by atoms with E-state index in [1.165, 1.54) is 6.07 Å². The van der Waals surface area contributed by atoms with Crippen molar-refractivity contribution in [3.63, 3.8) is 0 Å². The molecule has 3 nitrogen and oxygen atoms in total. The van der Waals surface area contributed by atoms with Crippen LogP contribution < -0.4 is 11.1 Å². The molecular formula is C15H12FIN2OS. The van der Waals surface area contributed by atoms with Crippen LogP contribution in [0.1, 0.15) is 21.5 Å². The number of hydrogen-bond acceptors (Lipinski definition) is 2. The van der Waals surface area contributed by atoms with Crippen LogP contribution >= 0.6 is 34.8 Å². The van der Waals surface area contributed by atoms with E-state index < -0.39 is 5.82 Å². The van der Waals surface area contributed by atoms with Crippen molar-refractivity contribution in [3.8, 4) is 0 Å². The van der Waals surface area contributed by atoms with E-state index in [2.05, 4.69) is 27.9 Å². The number of thiocarbonyl (C=S) groups is 1. The highest BCUT2D eigenvalue weighted by atomic mass is 127. The zero-order chi connectivity index (χ0) is 15.4. The van der Waals surface area contributed by atoms with Crippen LogP contribution in [0, 0.1) is 9.39 Å². The summed E-state index contributed by atoms with van der Waals surface area (Å²) in [7, 11) is 0. The van der Waals surface area contributed by atoms with Crippen molar-refractivity contribution >= 4 is 45.7 Å². The van der Waals surface area contributed by atoms with Crippen molar-refractivity contribution in [1.29, 1.82) is 0 Å². The van der Waals surface area contributed by atoms with Gasteiger partial charge >= 0.3 is 0 Å². The lowest BCUT2D eigenvalue weighted by Gasteiger charge is -2.08. The van der Waals surface area contributed by atoms with Crippen molar-refractivity contribution in [3.05, 3.63) is 68.5 Å². The summed E-state index contributed by atoms with van der Waals surface area (Å²) in [6, 6.07) is 11.7. The number of hydrogen-bond donors (Lipinski definition) is 2. The molecule has 6 heteroatoms. The monoisotopic (exact) mass is 414 g/mol. The molecule has 0 saturated carbocycles. The largest absolute Gasteiger partial charge is 0.389 e. The lowest BCUT2D eigenvalue weighted by molar-refractivity contribution is 0.0950. The number of nitrogens with one attached hydrogen (secondary N) is 1. The molecule has 2 aromatic rings. The molecule has 1 amide bonds. The molecule has 0 unspecified atom stereocenters. The van der Waals surface area contributed by atoms with Crippen molar-refractivity contribution < 1.29 is 9.18 Å². The van der Waals surface area contributed by atoms with E-state index >= 15 is 0 Å². The quantitative estimate of drug-likeness (QED) is 0.598. The van der Waals surface area contributed by atoms with Crippen LogP contribution in [-0.4, -0.2) is 10.9 Å². The molecule has 0 bridgehead atoms. The smallest absolute Gasteiger partial charge is 0.251 e. The summed E-state index contributed by atoms with van der Waals surface area (Å²) < 4.78 is 14.8. The second kappa shape index (κ2) is 6.95. The zero-order valence-corrected chi connectivity index (χ0v) is 13.9. The lowest BCUT2D eigenvalue weighted by atomic mass is 10.1. The molecular weight excluding hydrogens is 402 g/mol. The third-order valence-corrected chi connectivity index (χ3v) is 3.77. The molecule has 21 heavy (non-hydrogen) atoms. The van der Waals surface area contributed by atoms with Crippen molar-refractivity contribution in [2.45, 2.75) is 6.54 Å². The van der Waals surface area contributed by atoms with Gasteiger partial charge in [0, 0.05) is 26.8 Å². The molecule has 2 rings (SSSR count). The van der Waals surface area contributed by atoms with Crippen LogP contribution in [0.5, 0.6) is 0 Å². The van der Waals surface area contributed by atoms with E-state index in [0.29, 0.717) is 16.7 Å². The van der Waals surface area contributed by atoms with E-state index in [1.54, 1.807) is 30.3 Å². The predicted octanol–water partition coefficient (Wildman–Crippen LogP) is 2.99. The van der Waals surface area contributed by atoms with Crippen LogP contribution in [0.4, 0.5) is 4.39 Å². The molecule has 2 aromatic carbocycles. The minimum absolute atomic E-state index is 0.105. The lowest BCUT2D eigenvalue weighted by Crippen LogP contribution is -2.23. The van der Waals surface area contributed by atoms with Gasteiger partial charge in [0.1, 0.15) is 10.8 Å². The summed E-state index contributed by atoms with van der Waals surface area (Å²) in [4.78, 5) is 12.1. The highest BCUT2D eigenvalue weighted by molar-refractivity contribution is 14.1. The summed E-state index contributed by atoms with van der Waals surface area (Å²) in [5, 5.41) is 2.69. The number of halogens is 2. The Bertz CT molecular complexity index is 706. The van der Waals surface area contributed by atoms with Crippen molar-refractivity contribution in [2.24, 2.45) is 5.73 Å². The van der Waals surface area contributed by atoms with Gasteiger partial charge in [0.25, 0.3) is 5.91 Å². The van der Waals surface area contributed by atoms with Gasteiger partial charge in [-0.1, -0.05) is 30.4 Å². The molecule has 0 aliphatic carbocycles.